The van der Waals surface area contributed by atoms with E-state index in [1.807, 2.05) is 30.3 Å². The van der Waals surface area contributed by atoms with Gasteiger partial charge in [-0.1, -0.05) is 77.8 Å². The van der Waals surface area contributed by atoms with E-state index in [1.165, 1.54) is 4.57 Å². The van der Waals surface area contributed by atoms with Crippen molar-refractivity contribution >= 4 is 63.9 Å². The molecule has 1 aliphatic rings. The molecule has 1 unspecified atom stereocenters. The molecule has 0 saturated heterocycles. The first-order valence-corrected chi connectivity index (χ1v) is 14.3. The first-order chi connectivity index (χ1) is 19.8. The molecule has 3 N–H and O–H groups in total. The lowest BCUT2D eigenvalue weighted by Gasteiger charge is -2.27. The molecule has 2 heterocycles. The van der Waals surface area contributed by atoms with Gasteiger partial charge in [-0.15, -0.1) is 11.3 Å². The zero-order chi connectivity index (χ0) is 29.1. The molecule has 10 heteroatoms. The van der Waals surface area contributed by atoms with Gasteiger partial charge in [-0.2, -0.15) is 0 Å². The summed E-state index contributed by atoms with van der Waals surface area (Å²) in [6.45, 7) is 2.00. The molecule has 1 aliphatic heterocycles. The highest BCUT2D eigenvalue weighted by atomic mass is 35.5. The minimum Gasteiger partial charge on any atom is -0.463 e. The van der Waals surface area contributed by atoms with Gasteiger partial charge in [0, 0.05) is 16.6 Å². The number of esters is 1. The van der Waals surface area contributed by atoms with E-state index in [2.05, 4.69) is 5.32 Å². The van der Waals surface area contributed by atoms with E-state index >= 15 is 0 Å². The maximum Gasteiger partial charge on any atom is 0.338 e. The van der Waals surface area contributed by atoms with E-state index in [9.17, 15) is 14.4 Å². The highest BCUT2D eigenvalue weighted by molar-refractivity contribution is 7.07. The second kappa shape index (κ2) is 12.2. The van der Waals surface area contributed by atoms with Gasteiger partial charge in [0.25, 0.3) is 11.5 Å². The SMILES string of the molecule is CCOC(=O)C1=C(N)n2c(s/c(=C\c3ccc(Cl)cc3)c2=O)=C(C(=O)NCc2ccccc2)C1c1ccc(Cl)cc1. The molecule has 1 aromatic heterocycles. The van der Waals surface area contributed by atoms with Crippen LogP contribution >= 0.6 is 34.5 Å². The van der Waals surface area contributed by atoms with Gasteiger partial charge in [-0.3, -0.25) is 14.2 Å². The summed E-state index contributed by atoms with van der Waals surface area (Å²) in [7, 11) is 0. The third kappa shape index (κ3) is 5.86. The van der Waals surface area contributed by atoms with Crippen molar-refractivity contribution in [2.45, 2.75) is 19.4 Å². The molecule has 1 atom stereocenters. The van der Waals surface area contributed by atoms with Crippen LogP contribution in [-0.2, 0) is 20.9 Å². The molecule has 4 aromatic rings. The number of nitrogens with one attached hydrogen (secondary N) is 1. The van der Waals surface area contributed by atoms with Crippen LogP contribution in [0.2, 0.25) is 10.0 Å². The normalized spacial score (nSPS) is 15.0. The maximum absolute atomic E-state index is 14.0. The molecule has 7 nitrogen and oxygen atoms in total. The van der Waals surface area contributed by atoms with Gasteiger partial charge in [0.15, 0.2) is 0 Å². The Morgan fingerprint density at radius 2 is 1.61 bits per heavy atom. The van der Waals surface area contributed by atoms with E-state index in [4.69, 9.17) is 33.7 Å². The van der Waals surface area contributed by atoms with Gasteiger partial charge in [-0.05, 0) is 54.0 Å². The van der Waals surface area contributed by atoms with Crippen LogP contribution in [-0.4, -0.2) is 23.1 Å². The van der Waals surface area contributed by atoms with Gasteiger partial charge in [-0.25, -0.2) is 4.79 Å². The maximum atomic E-state index is 14.0. The predicted octanol–water partition coefficient (Wildman–Crippen LogP) is 4.00. The lowest BCUT2D eigenvalue weighted by atomic mass is 9.82. The summed E-state index contributed by atoms with van der Waals surface area (Å²) in [5.41, 5.74) is 8.56. The van der Waals surface area contributed by atoms with Crippen LogP contribution in [0.25, 0.3) is 17.5 Å². The summed E-state index contributed by atoms with van der Waals surface area (Å²) >= 11 is 13.3. The van der Waals surface area contributed by atoms with E-state index in [1.54, 1.807) is 61.5 Å². The molecule has 3 aromatic carbocycles. The summed E-state index contributed by atoms with van der Waals surface area (Å²) < 4.78 is 7.25. The Morgan fingerprint density at radius 3 is 2.24 bits per heavy atom. The molecular formula is C31H25Cl2N3O4S. The van der Waals surface area contributed by atoms with Crippen LogP contribution in [0.15, 0.2) is 89.2 Å². The molecule has 0 radical (unpaired) electrons. The Balaban J connectivity index is 1.78. The third-order valence-corrected chi connectivity index (χ3v) is 8.17. The number of rotatable bonds is 7. The van der Waals surface area contributed by atoms with Crippen molar-refractivity contribution in [2.24, 2.45) is 5.73 Å². The van der Waals surface area contributed by atoms with Crippen LogP contribution in [0.1, 0.15) is 29.5 Å². The fourth-order valence-electron chi connectivity index (χ4n) is 4.65. The molecule has 0 fully saturated rings. The number of nitrogens with zero attached hydrogens (tertiary/aromatic N) is 1. The van der Waals surface area contributed by atoms with Crippen LogP contribution in [0.3, 0.4) is 0 Å². The highest BCUT2D eigenvalue weighted by Gasteiger charge is 2.39. The highest BCUT2D eigenvalue weighted by Crippen LogP contribution is 2.37. The predicted molar refractivity (Wildman–Crippen MR) is 163 cm³/mol. The lowest BCUT2D eigenvalue weighted by molar-refractivity contribution is -0.138. The van der Waals surface area contributed by atoms with Gasteiger partial charge in [0.05, 0.1) is 28.2 Å². The van der Waals surface area contributed by atoms with Crippen molar-refractivity contribution in [1.82, 2.24) is 9.88 Å². The smallest absolute Gasteiger partial charge is 0.338 e. The van der Waals surface area contributed by atoms with Gasteiger partial charge in [0.2, 0.25) is 0 Å². The Hall–Kier alpha value is -4.11. The zero-order valence-electron chi connectivity index (χ0n) is 21.9. The van der Waals surface area contributed by atoms with E-state index < -0.39 is 23.4 Å². The van der Waals surface area contributed by atoms with E-state index in [0.717, 1.165) is 22.5 Å². The van der Waals surface area contributed by atoms with Crippen molar-refractivity contribution in [2.75, 3.05) is 6.61 Å². The number of carbonyl (C=O) groups excluding carboxylic acids is 2. The zero-order valence-corrected chi connectivity index (χ0v) is 24.2. The average molecular weight is 607 g/mol. The Kier molecular flexibility index (Phi) is 8.44. The minimum absolute atomic E-state index is 0.00414. The van der Waals surface area contributed by atoms with E-state index in [0.29, 0.717) is 24.8 Å². The number of benzene rings is 3. The molecule has 0 saturated carbocycles. The number of fused-ring (bicyclic) bond motifs is 1. The first kappa shape index (κ1) is 28.4. The summed E-state index contributed by atoms with van der Waals surface area (Å²) in [6, 6.07) is 23.2. The number of hydrogen-bond donors (Lipinski definition) is 2. The summed E-state index contributed by atoms with van der Waals surface area (Å²) in [5, 5.41) is 4.01. The second-order valence-corrected chi connectivity index (χ2v) is 11.1. The van der Waals surface area contributed by atoms with Crippen molar-refractivity contribution in [3.63, 3.8) is 0 Å². The largest absolute Gasteiger partial charge is 0.463 e. The quantitative estimate of drug-likeness (QED) is 0.310. The second-order valence-electron chi connectivity index (χ2n) is 9.19. The van der Waals surface area contributed by atoms with Crippen molar-refractivity contribution < 1.29 is 14.3 Å². The minimum atomic E-state index is -0.913. The Labute approximate surface area is 249 Å². The molecule has 0 aliphatic carbocycles. The summed E-state index contributed by atoms with van der Waals surface area (Å²) in [5.74, 6) is -2.17. The standard InChI is InChI=1S/C31H25Cl2N3O4S/c1-2-40-31(39)25-24(20-10-14-22(33)15-11-20)26(28(37)35-17-19-6-4-3-5-7-19)30-36(27(25)34)29(38)23(41-30)16-18-8-12-21(32)13-9-18/h3-16,24H,2,17,34H2,1H3,(H,35,37)/b23-16-. The summed E-state index contributed by atoms with van der Waals surface area (Å²) in [6.07, 6.45) is 1.70. The van der Waals surface area contributed by atoms with Crippen molar-refractivity contribution in [3.8, 4) is 0 Å². The molecule has 208 valence electrons. The number of thiazole rings is 1. The van der Waals surface area contributed by atoms with Gasteiger partial charge < -0.3 is 15.8 Å². The molecule has 41 heavy (non-hydrogen) atoms. The van der Waals surface area contributed by atoms with Crippen molar-refractivity contribution in [1.29, 1.82) is 0 Å². The number of halogens is 2. The van der Waals surface area contributed by atoms with Crippen LogP contribution < -0.4 is 25.8 Å². The lowest BCUT2D eigenvalue weighted by Crippen LogP contribution is -2.43. The molecule has 1 amide bonds. The van der Waals surface area contributed by atoms with Gasteiger partial charge in [0.1, 0.15) is 10.5 Å². The topological polar surface area (TPSA) is 103 Å². The fourth-order valence-corrected chi connectivity index (χ4v) is 6.08. The van der Waals surface area contributed by atoms with Crippen LogP contribution in [0.4, 0.5) is 0 Å². The van der Waals surface area contributed by atoms with Gasteiger partial charge >= 0.3 is 5.97 Å². The fraction of sp³-hybridized carbons (Fsp3) is 0.129. The number of nitrogens with two attached hydrogens (primary N) is 1. The average Bonchev–Trinajstić information content (AvgIpc) is 3.29. The number of amides is 1. The van der Waals surface area contributed by atoms with Crippen LogP contribution in [0, 0.1) is 0 Å². The molecule has 0 bridgehead atoms. The molecule has 0 spiro atoms. The monoisotopic (exact) mass is 605 g/mol. The number of hydrogen-bond acceptors (Lipinski definition) is 6. The molecule has 5 rings (SSSR count). The summed E-state index contributed by atoms with van der Waals surface area (Å²) in [4.78, 5) is 41.1. The Morgan fingerprint density at radius 1 is 0.976 bits per heavy atom. The third-order valence-electron chi connectivity index (χ3n) is 6.56. The van der Waals surface area contributed by atoms with Crippen LogP contribution in [0.5, 0.6) is 0 Å². The number of aromatic nitrogens is 1. The number of carbonyl (C=O) groups is 2. The number of ether oxygens (including phenoxy) is 1. The van der Waals surface area contributed by atoms with Crippen molar-refractivity contribution in [3.05, 3.63) is 131 Å². The molecular weight excluding hydrogens is 581 g/mol. The van der Waals surface area contributed by atoms with E-state index in [-0.39, 0.29) is 30.1 Å². The first-order valence-electron chi connectivity index (χ1n) is 12.8. The Bertz CT molecular complexity index is 1830.